The van der Waals surface area contributed by atoms with Gasteiger partial charge in [-0.2, -0.15) is 0 Å². The molecule has 0 spiro atoms. The van der Waals surface area contributed by atoms with E-state index < -0.39 is 11.4 Å². The van der Waals surface area contributed by atoms with Gasteiger partial charge < -0.3 is 10.0 Å². The molecule has 4 heteroatoms. The Bertz CT molecular complexity index is 303. The van der Waals surface area contributed by atoms with Crippen LogP contribution in [0.4, 0.5) is 0 Å². The number of carbonyl (C=O) groups is 1. The highest BCUT2D eigenvalue weighted by Crippen LogP contribution is 2.31. The largest absolute Gasteiger partial charge is 0.481 e. The molecule has 0 aromatic rings. The van der Waals surface area contributed by atoms with E-state index in [1.807, 2.05) is 13.8 Å². The molecule has 0 radical (unpaired) electrons. The predicted molar refractivity (Wildman–Crippen MR) is 76.3 cm³/mol. The van der Waals surface area contributed by atoms with Crippen LogP contribution in [-0.4, -0.2) is 60.1 Å². The molecule has 1 aliphatic carbocycles. The molecule has 0 atom stereocenters. The van der Waals surface area contributed by atoms with Gasteiger partial charge in [-0.1, -0.05) is 13.8 Å². The van der Waals surface area contributed by atoms with Crippen molar-refractivity contribution >= 4 is 5.97 Å². The first kappa shape index (κ1) is 14.8. The van der Waals surface area contributed by atoms with Crippen LogP contribution in [0.2, 0.25) is 0 Å². The van der Waals surface area contributed by atoms with Gasteiger partial charge in [0.15, 0.2) is 0 Å². The minimum Gasteiger partial charge on any atom is -0.481 e. The molecule has 1 aliphatic heterocycles. The number of aliphatic carboxylic acids is 1. The van der Waals surface area contributed by atoms with Gasteiger partial charge in [0, 0.05) is 39.3 Å². The van der Waals surface area contributed by atoms with Crippen LogP contribution in [0.1, 0.15) is 39.5 Å². The maximum Gasteiger partial charge on any atom is 0.310 e. The second-order valence-electron chi connectivity index (χ2n) is 6.31. The highest BCUT2D eigenvalue weighted by atomic mass is 16.4. The number of hydrogen-bond acceptors (Lipinski definition) is 3. The van der Waals surface area contributed by atoms with Crippen LogP contribution in [0.3, 0.4) is 0 Å². The van der Waals surface area contributed by atoms with E-state index in [1.165, 1.54) is 19.4 Å². The first-order chi connectivity index (χ1) is 9.09. The van der Waals surface area contributed by atoms with Crippen molar-refractivity contribution in [3.63, 3.8) is 0 Å². The van der Waals surface area contributed by atoms with E-state index in [2.05, 4.69) is 9.80 Å². The SMILES string of the molecule is CCC(CC)(CN1CCN(CC2CC2)CC1)C(=O)O. The van der Waals surface area contributed by atoms with Gasteiger partial charge in [0.1, 0.15) is 0 Å². The number of carboxylic acid groups (broad SMARTS) is 1. The zero-order chi connectivity index (χ0) is 13.9. The van der Waals surface area contributed by atoms with Crippen LogP contribution in [0.25, 0.3) is 0 Å². The van der Waals surface area contributed by atoms with E-state index in [-0.39, 0.29) is 0 Å². The Labute approximate surface area is 116 Å². The Kier molecular flexibility index (Phi) is 4.85. The average molecular weight is 268 g/mol. The summed E-state index contributed by atoms with van der Waals surface area (Å²) >= 11 is 0. The zero-order valence-electron chi connectivity index (χ0n) is 12.4. The van der Waals surface area contributed by atoms with Crippen LogP contribution in [0.5, 0.6) is 0 Å². The summed E-state index contributed by atoms with van der Waals surface area (Å²) in [6.45, 7) is 10.3. The van der Waals surface area contributed by atoms with E-state index in [0.717, 1.165) is 44.9 Å². The third-order valence-electron chi connectivity index (χ3n) is 5.01. The molecule has 2 aliphatic rings. The number of rotatable bonds is 7. The van der Waals surface area contributed by atoms with Gasteiger partial charge in [-0.3, -0.25) is 9.69 Å². The highest BCUT2D eigenvalue weighted by Gasteiger charge is 2.37. The zero-order valence-corrected chi connectivity index (χ0v) is 12.4. The lowest BCUT2D eigenvalue weighted by molar-refractivity contribution is -0.151. The number of carboxylic acids is 1. The number of nitrogens with zero attached hydrogens (tertiary/aromatic N) is 2. The van der Waals surface area contributed by atoms with E-state index >= 15 is 0 Å². The molecule has 0 aromatic heterocycles. The Morgan fingerprint density at radius 2 is 1.63 bits per heavy atom. The average Bonchev–Trinajstić information content (AvgIpc) is 3.22. The fourth-order valence-corrected chi connectivity index (χ4v) is 3.07. The summed E-state index contributed by atoms with van der Waals surface area (Å²) in [6.07, 6.45) is 4.27. The molecule has 19 heavy (non-hydrogen) atoms. The first-order valence-corrected chi connectivity index (χ1v) is 7.77. The van der Waals surface area contributed by atoms with E-state index in [4.69, 9.17) is 0 Å². The molecule has 1 heterocycles. The maximum absolute atomic E-state index is 11.5. The molecule has 2 rings (SSSR count). The monoisotopic (exact) mass is 268 g/mol. The fourth-order valence-electron chi connectivity index (χ4n) is 3.07. The predicted octanol–water partition coefficient (Wildman–Crippen LogP) is 1.91. The second-order valence-corrected chi connectivity index (χ2v) is 6.31. The number of hydrogen-bond donors (Lipinski definition) is 1. The summed E-state index contributed by atoms with van der Waals surface area (Å²) in [5.74, 6) is 0.328. The summed E-state index contributed by atoms with van der Waals surface area (Å²) in [5, 5.41) is 9.50. The van der Waals surface area contributed by atoms with E-state index in [1.54, 1.807) is 0 Å². The van der Waals surface area contributed by atoms with Crippen LogP contribution in [-0.2, 0) is 4.79 Å². The minimum atomic E-state index is -0.627. The fraction of sp³-hybridized carbons (Fsp3) is 0.933. The summed E-state index contributed by atoms with van der Waals surface area (Å²) in [4.78, 5) is 16.4. The lowest BCUT2D eigenvalue weighted by Gasteiger charge is -2.39. The molecule has 0 bridgehead atoms. The van der Waals surface area contributed by atoms with Crippen molar-refractivity contribution < 1.29 is 9.90 Å². The van der Waals surface area contributed by atoms with Crippen LogP contribution < -0.4 is 0 Å². The number of piperazine rings is 1. The third kappa shape index (κ3) is 3.69. The van der Waals surface area contributed by atoms with Crippen LogP contribution >= 0.6 is 0 Å². The van der Waals surface area contributed by atoms with Crippen molar-refractivity contribution in [1.82, 2.24) is 9.80 Å². The highest BCUT2D eigenvalue weighted by molar-refractivity contribution is 5.74. The Hall–Kier alpha value is -0.610. The summed E-state index contributed by atoms with van der Waals surface area (Å²) in [6, 6.07) is 0. The molecule has 110 valence electrons. The van der Waals surface area contributed by atoms with Crippen molar-refractivity contribution in [3.8, 4) is 0 Å². The second kappa shape index (κ2) is 6.23. The Morgan fingerprint density at radius 3 is 2.05 bits per heavy atom. The lowest BCUT2D eigenvalue weighted by atomic mass is 9.81. The maximum atomic E-state index is 11.5. The summed E-state index contributed by atoms with van der Waals surface area (Å²) < 4.78 is 0. The molecular formula is C15H28N2O2. The third-order valence-corrected chi connectivity index (χ3v) is 5.01. The molecule has 1 saturated carbocycles. The molecular weight excluding hydrogens is 240 g/mol. The van der Waals surface area contributed by atoms with Crippen molar-refractivity contribution in [2.45, 2.75) is 39.5 Å². The van der Waals surface area contributed by atoms with Crippen molar-refractivity contribution in [1.29, 1.82) is 0 Å². The Balaban J connectivity index is 1.81. The minimum absolute atomic E-state index is 0.543. The normalized spacial score (nSPS) is 22.6. The standard InChI is InChI=1S/C15H28N2O2/c1-3-15(4-2,14(18)19)12-17-9-7-16(8-10-17)11-13-5-6-13/h13H,3-12H2,1-2H3,(H,18,19). The smallest absolute Gasteiger partial charge is 0.310 e. The van der Waals surface area contributed by atoms with Crippen molar-refractivity contribution in [2.75, 3.05) is 39.3 Å². The van der Waals surface area contributed by atoms with E-state index in [0.29, 0.717) is 6.54 Å². The molecule has 1 saturated heterocycles. The molecule has 0 aromatic carbocycles. The van der Waals surface area contributed by atoms with Gasteiger partial charge in [0.05, 0.1) is 5.41 Å². The molecule has 0 unspecified atom stereocenters. The molecule has 4 nitrogen and oxygen atoms in total. The first-order valence-electron chi connectivity index (χ1n) is 7.77. The van der Waals surface area contributed by atoms with Gasteiger partial charge in [0.25, 0.3) is 0 Å². The lowest BCUT2D eigenvalue weighted by Crippen LogP contribution is -2.51. The van der Waals surface area contributed by atoms with Gasteiger partial charge in [-0.05, 0) is 31.6 Å². The Morgan fingerprint density at radius 1 is 1.11 bits per heavy atom. The van der Waals surface area contributed by atoms with Crippen LogP contribution in [0, 0.1) is 11.3 Å². The summed E-state index contributed by atoms with van der Waals surface area (Å²) in [5.41, 5.74) is -0.543. The summed E-state index contributed by atoms with van der Waals surface area (Å²) in [7, 11) is 0. The van der Waals surface area contributed by atoms with Gasteiger partial charge in [-0.15, -0.1) is 0 Å². The molecule has 2 fully saturated rings. The van der Waals surface area contributed by atoms with Gasteiger partial charge in [-0.25, -0.2) is 0 Å². The quantitative estimate of drug-likeness (QED) is 0.766. The van der Waals surface area contributed by atoms with Crippen molar-refractivity contribution in [2.24, 2.45) is 11.3 Å². The van der Waals surface area contributed by atoms with Crippen LogP contribution in [0.15, 0.2) is 0 Å². The van der Waals surface area contributed by atoms with Gasteiger partial charge in [0.2, 0.25) is 0 Å². The van der Waals surface area contributed by atoms with E-state index in [9.17, 15) is 9.90 Å². The van der Waals surface area contributed by atoms with Gasteiger partial charge >= 0.3 is 5.97 Å². The topological polar surface area (TPSA) is 43.8 Å². The molecule has 1 N–H and O–H groups in total. The van der Waals surface area contributed by atoms with Crippen molar-refractivity contribution in [3.05, 3.63) is 0 Å². The molecule has 0 amide bonds.